The number of methoxy groups -OCH3 is 1. The Bertz CT molecular complexity index is 625. The van der Waals surface area contributed by atoms with Crippen LogP contribution in [0.4, 0.5) is 5.69 Å². The third-order valence-corrected chi connectivity index (χ3v) is 3.26. The molecule has 0 bridgehead atoms. The molecule has 6 heteroatoms. The number of nitro benzene ring substituents is 1. The quantitative estimate of drug-likeness (QED) is 0.625. The minimum Gasteiger partial charge on any atom is -0.383 e. The van der Waals surface area contributed by atoms with Crippen molar-refractivity contribution >= 4 is 16.6 Å². The summed E-state index contributed by atoms with van der Waals surface area (Å²) in [6.45, 7) is 3.54. The van der Waals surface area contributed by atoms with E-state index in [1.54, 1.807) is 19.2 Å². The summed E-state index contributed by atoms with van der Waals surface area (Å²) in [7, 11) is 1.68. The summed E-state index contributed by atoms with van der Waals surface area (Å²) in [6, 6.07) is 8.71. The van der Waals surface area contributed by atoms with E-state index in [9.17, 15) is 10.1 Å². The van der Waals surface area contributed by atoms with Gasteiger partial charge in [0, 0.05) is 42.8 Å². The van der Waals surface area contributed by atoms with Crippen LogP contribution in [0.1, 0.15) is 12.6 Å². The van der Waals surface area contributed by atoms with Crippen molar-refractivity contribution in [2.24, 2.45) is 0 Å². The average Bonchev–Trinajstić information content (AvgIpc) is 2.47. The van der Waals surface area contributed by atoms with E-state index in [2.05, 4.69) is 17.2 Å². The van der Waals surface area contributed by atoms with E-state index >= 15 is 0 Å². The normalized spacial score (nSPS) is 12.5. The van der Waals surface area contributed by atoms with Gasteiger partial charge in [-0.1, -0.05) is 13.0 Å². The first kappa shape index (κ1) is 15.3. The molecule has 21 heavy (non-hydrogen) atoms. The van der Waals surface area contributed by atoms with E-state index in [-0.39, 0.29) is 11.7 Å². The van der Waals surface area contributed by atoms with E-state index in [0.717, 1.165) is 29.6 Å². The molecule has 0 aliphatic carbocycles. The summed E-state index contributed by atoms with van der Waals surface area (Å²) in [4.78, 5) is 14.9. The maximum atomic E-state index is 10.8. The maximum absolute atomic E-state index is 10.8. The number of benzene rings is 1. The van der Waals surface area contributed by atoms with Gasteiger partial charge in [0.05, 0.1) is 17.0 Å². The Morgan fingerprint density at radius 3 is 2.86 bits per heavy atom. The Hall–Kier alpha value is -2.05. The predicted octanol–water partition coefficient (Wildman–Crippen LogP) is 2.31. The Labute approximate surface area is 123 Å². The van der Waals surface area contributed by atoms with Crippen LogP contribution in [0.25, 0.3) is 10.9 Å². The second-order valence-electron chi connectivity index (χ2n) is 4.85. The van der Waals surface area contributed by atoms with E-state index in [1.807, 2.05) is 12.1 Å². The Morgan fingerprint density at radius 2 is 2.19 bits per heavy atom. The number of ether oxygens (including phenoxy) is 1. The summed E-state index contributed by atoms with van der Waals surface area (Å²) >= 11 is 0. The van der Waals surface area contributed by atoms with Crippen LogP contribution >= 0.6 is 0 Å². The van der Waals surface area contributed by atoms with Crippen LogP contribution < -0.4 is 5.32 Å². The highest BCUT2D eigenvalue weighted by atomic mass is 16.6. The molecule has 1 unspecified atom stereocenters. The van der Waals surface area contributed by atoms with Gasteiger partial charge in [-0.25, -0.2) is 0 Å². The number of hydrogen-bond donors (Lipinski definition) is 1. The molecule has 6 nitrogen and oxygen atoms in total. The number of aromatic nitrogens is 1. The molecule has 0 radical (unpaired) electrons. The first-order valence-corrected chi connectivity index (χ1v) is 6.90. The third kappa shape index (κ3) is 3.96. The molecular weight excluding hydrogens is 270 g/mol. The molecule has 1 atom stereocenters. The van der Waals surface area contributed by atoms with Crippen LogP contribution in [0.15, 0.2) is 30.3 Å². The number of nitro groups is 1. The van der Waals surface area contributed by atoms with Gasteiger partial charge in [0.25, 0.3) is 5.69 Å². The van der Waals surface area contributed by atoms with Crippen molar-refractivity contribution in [3.05, 3.63) is 46.1 Å². The molecule has 0 aliphatic heterocycles. The molecule has 1 aromatic heterocycles. The lowest BCUT2D eigenvalue weighted by Gasteiger charge is -2.16. The van der Waals surface area contributed by atoms with E-state index in [0.29, 0.717) is 6.61 Å². The van der Waals surface area contributed by atoms with Crippen molar-refractivity contribution in [1.82, 2.24) is 10.3 Å². The summed E-state index contributed by atoms with van der Waals surface area (Å²) < 4.78 is 5.19. The van der Waals surface area contributed by atoms with Gasteiger partial charge >= 0.3 is 0 Å². The first-order chi connectivity index (χ1) is 10.1. The van der Waals surface area contributed by atoms with E-state index < -0.39 is 4.92 Å². The SMILES string of the molecule is CCNC(COC)Cc1ccc2cc([N+](=O)[O-])ccc2n1. The Morgan fingerprint density at radius 1 is 1.38 bits per heavy atom. The van der Waals surface area contributed by atoms with Crippen molar-refractivity contribution in [3.8, 4) is 0 Å². The number of pyridine rings is 1. The zero-order valence-electron chi connectivity index (χ0n) is 12.2. The fourth-order valence-electron chi connectivity index (χ4n) is 2.31. The number of fused-ring (bicyclic) bond motifs is 1. The number of likely N-dealkylation sites (N-methyl/N-ethyl adjacent to an activating group) is 1. The van der Waals surface area contributed by atoms with Crippen LogP contribution in [0.3, 0.4) is 0 Å². The number of rotatable bonds is 7. The zero-order valence-corrected chi connectivity index (χ0v) is 12.2. The first-order valence-electron chi connectivity index (χ1n) is 6.90. The van der Waals surface area contributed by atoms with Gasteiger partial charge in [0.15, 0.2) is 0 Å². The number of nitrogens with zero attached hydrogens (tertiary/aromatic N) is 2. The molecule has 1 N–H and O–H groups in total. The molecule has 0 saturated heterocycles. The van der Waals surface area contributed by atoms with Crippen LogP contribution in [-0.2, 0) is 11.2 Å². The molecule has 2 rings (SSSR count). The molecule has 0 amide bonds. The molecule has 0 spiro atoms. The van der Waals surface area contributed by atoms with Crippen LogP contribution in [0.2, 0.25) is 0 Å². The van der Waals surface area contributed by atoms with Crippen molar-refractivity contribution in [3.63, 3.8) is 0 Å². The molecule has 112 valence electrons. The van der Waals surface area contributed by atoms with Gasteiger partial charge < -0.3 is 10.1 Å². The maximum Gasteiger partial charge on any atom is 0.270 e. The van der Waals surface area contributed by atoms with Gasteiger partial charge in [-0.05, 0) is 18.7 Å². The molecular formula is C15H19N3O3. The summed E-state index contributed by atoms with van der Waals surface area (Å²) in [5.74, 6) is 0. The molecule has 0 saturated carbocycles. The molecule has 1 heterocycles. The highest BCUT2D eigenvalue weighted by Crippen LogP contribution is 2.20. The highest BCUT2D eigenvalue weighted by Gasteiger charge is 2.11. The molecule has 2 aromatic rings. The topological polar surface area (TPSA) is 77.3 Å². The van der Waals surface area contributed by atoms with Crippen molar-refractivity contribution in [2.45, 2.75) is 19.4 Å². The van der Waals surface area contributed by atoms with E-state index in [4.69, 9.17) is 4.74 Å². The van der Waals surface area contributed by atoms with Gasteiger partial charge in [0.1, 0.15) is 0 Å². The monoisotopic (exact) mass is 289 g/mol. The van der Waals surface area contributed by atoms with Crippen molar-refractivity contribution in [2.75, 3.05) is 20.3 Å². The average molecular weight is 289 g/mol. The van der Waals surface area contributed by atoms with Crippen molar-refractivity contribution in [1.29, 1.82) is 0 Å². The van der Waals surface area contributed by atoms with Crippen molar-refractivity contribution < 1.29 is 9.66 Å². The van der Waals surface area contributed by atoms with Crippen LogP contribution in [-0.4, -0.2) is 36.2 Å². The summed E-state index contributed by atoms with van der Waals surface area (Å²) in [6.07, 6.45) is 0.759. The molecule has 0 fully saturated rings. The second-order valence-corrected chi connectivity index (χ2v) is 4.85. The lowest BCUT2D eigenvalue weighted by atomic mass is 10.1. The lowest BCUT2D eigenvalue weighted by molar-refractivity contribution is -0.384. The summed E-state index contributed by atoms with van der Waals surface area (Å²) in [5.41, 5.74) is 1.80. The van der Waals surface area contributed by atoms with Gasteiger partial charge in [-0.15, -0.1) is 0 Å². The van der Waals surface area contributed by atoms with Gasteiger partial charge in [-0.2, -0.15) is 0 Å². The minimum atomic E-state index is -0.396. The van der Waals surface area contributed by atoms with Gasteiger partial charge in [-0.3, -0.25) is 15.1 Å². The largest absolute Gasteiger partial charge is 0.383 e. The van der Waals surface area contributed by atoms with E-state index in [1.165, 1.54) is 6.07 Å². The van der Waals surface area contributed by atoms with Crippen LogP contribution in [0.5, 0.6) is 0 Å². The van der Waals surface area contributed by atoms with Gasteiger partial charge in [0.2, 0.25) is 0 Å². The lowest BCUT2D eigenvalue weighted by Crippen LogP contribution is -2.35. The molecule has 0 aliphatic rings. The minimum absolute atomic E-state index is 0.0851. The number of non-ortho nitro benzene ring substituents is 1. The zero-order chi connectivity index (χ0) is 15.2. The highest BCUT2D eigenvalue weighted by molar-refractivity contribution is 5.81. The standard InChI is InChI=1S/C15H19N3O3/c1-3-16-13(10-21-2)9-12-5-4-11-8-14(18(19)20)6-7-15(11)17-12/h4-8,13,16H,3,9-10H2,1-2H3. The third-order valence-electron chi connectivity index (χ3n) is 3.26. The predicted molar refractivity (Wildman–Crippen MR) is 81.4 cm³/mol. The fourth-order valence-corrected chi connectivity index (χ4v) is 2.31. The van der Waals surface area contributed by atoms with Crippen LogP contribution in [0, 0.1) is 10.1 Å². The Kier molecular flexibility index (Phi) is 5.19. The number of hydrogen-bond acceptors (Lipinski definition) is 5. The second kappa shape index (κ2) is 7.10. The smallest absolute Gasteiger partial charge is 0.270 e. The molecule has 1 aromatic carbocycles. The Balaban J connectivity index is 2.22. The summed E-state index contributed by atoms with van der Waals surface area (Å²) in [5, 5.41) is 14.9. The fraction of sp³-hybridized carbons (Fsp3) is 0.400. The number of nitrogens with one attached hydrogen (secondary N) is 1.